The van der Waals surface area contributed by atoms with Gasteiger partial charge in [-0.25, -0.2) is 0 Å². The monoisotopic (exact) mass is 380 g/mol. The SMILES string of the molecule is Cc1occc1-c1nnc(SCC(=O)[O-])n1/N=C/c1c[nH]c2ccccc12. The molecule has 136 valence electrons. The zero-order valence-corrected chi connectivity index (χ0v) is 15.1. The summed E-state index contributed by atoms with van der Waals surface area (Å²) in [5.74, 6) is -0.290. The third-order valence-corrected chi connectivity index (χ3v) is 4.86. The van der Waals surface area contributed by atoms with Gasteiger partial charge in [0.25, 0.3) is 0 Å². The number of aromatic nitrogens is 4. The van der Waals surface area contributed by atoms with Crippen molar-refractivity contribution in [2.24, 2.45) is 5.10 Å². The summed E-state index contributed by atoms with van der Waals surface area (Å²) >= 11 is 0.995. The minimum atomic E-state index is -1.18. The van der Waals surface area contributed by atoms with Crippen LogP contribution in [0, 0.1) is 6.92 Å². The predicted molar refractivity (Wildman–Crippen MR) is 99.5 cm³/mol. The van der Waals surface area contributed by atoms with Crippen LogP contribution in [0.2, 0.25) is 0 Å². The molecule has 8 nitrogen and oxygen atoms in total. The molecule has 0 saturated heterocycles. The lowest BCUT2D eigenvalue weighted by atomic mass is 10.2. The predicted octanol–water partition coefficient (Wildman–Crippen LogP) is 2.05. The highest BCUT2D eigenvalue weighted by Crippen LogP contribution is 2.27. The number of hydrogen-bond acceptors (Lipinski definition) is 7. The van der Waals surface area contributed by atoms with Crippen molar-refractivity contribution in [3.63, 3.8) is 0 Å². The molecule has 0 saturated carbocycles. The first kappa shape index (κ1) is 17.1. The molecule has 3 heterocycles. The van der Waals surface area contributed by atoms with Gasteiger partial charge < -0.3 is 19.3 Å². The number of carbonyl (C=O) groups is 1. The van der Waals surface area contributed by atoms with Crippen LogP contribution in [0.15, 0.2) is 57.5 Å². The van der Waals surface area contributed by atoms with Gasteiger partial charge in [0.15, 0.2) is 5.82 Å². The number of aryl methyl sites for hydroxylation is 1. The molecule has 0 atom stereocenters. The molecule has 0 radical (unpaired) electrons. The molecule has 0 bridgehead atoms. The Hall–Kier alpha value is -3.33. The number of carboxylic acid groups (broad SMARTS) is 1. The lowest BCUT2D eigenvalue weighted by Gasteiger charge is -2.04. The molecular formula is C18H14N5O3S-. The Labute approximate surface area is 157 Å². The van der Waals surface area contributed by atoms with Crippen LogP contribution in [0.25, 0.3) is 22.3 Å². The Morgan fingerprint density at radius 1 is 1.37 bits per heavy atom. The summed E-state index contributed by atoms with van der Waals surface area (Å²) in [6.45, 7) is 1.81. The maximum Gasteiger partial charge on any atom is 0.212 e. The van der Waals surface area contributed by atoms with Crippen LogP contribution in [-0.2, 0) is 4.79 Å². The number of nitrogens with one attached hydrogen (secondary N) is 1. The van der Waals surface area contributed by atoms with Crippen LogP contribution in [0.5, 0.6) is 0 Å². The molecule has 3 aromatic heterocycles. The van der Waals surface area contributed by atoms with E-state index >= 15 is 0 Å². The quantitative estimate of drug-likeness (QED) is 0.405. The maximum atomic E-state index is 10.8. The number of benzene rings is 1. The standard InChI is InChI=1S/C18H15N5O3S/c1-11-13(6-7-26-11)17-21-22-18(27-10-16(24)25)23(17)20-9-12-8-19-15-5-3-2-4-14(12)15/h2-9,19H,10H2,1H3,(H,24,25)/p-1/b20-9+. The Bertz CT molecular complexity index is 1140. The van der Waals surface area contributed by atoms with Crippen LogP contribution in [-0.4, -0.2) is 37.8 Å². The van der Waals surface area contributed by atoms with Crippen molar-refractivity contribution in [3.05, 3.63) is 54.1 Å². The maximum absolute atomic E-state index is 10.8. The minimum absolute atomic E-state index is 0.245. The summed E-state index contributed by atoms with van der Waals surface area (Å²) in [6.07, 6.45) is 5.10. The molecule has 0 amide bonds. The highest BCUT2D eigenvalue weighted by Gasteiger charge is 2.17. The number of hydrogen-bond donors (Lipinski definition) is 1. The van der Waals surface area contributed by atoms with Gasteiger partial charge in [0.2, 0.25) is 5.16 Å². The number of thioether (sulfide) groups is 1. The topological polar surface area (TPSA) is 112 Å². The molecule has 0 aliphatic carbocycles. The Balaban J connectivity index is 1.76. The smallest absolute Gasteiger partial charge is 0.212 e. The van der Waals surface area contributed by atoms with Crippen molar-refractivity contribution in [1.82, 2.24) is 19.9 Å². The second-order valence-electron chi connectivity index (χ2n) is 5.70. The van der Waals surface area contributed by atoms with Gasteiger partial charge in [0.1, 0.15) is 5.76 Å². The van der Waals surface area contributed by atoms with E-state index in [1.54, 1.807) is 18.5 Å². The van der Waals surface area contributed by atoms with Crippen LogP contribution in [0.3, 0.4) is 0 Å². The van der Waals surface area contributed by atoms with Gasteiger partial charge in [-0.2, -0.15) is 9.78 Å². The third kappa shape index (κ3) is 3.36. The van der Waals surface area contributed by atoms with E-state index in [9.17, 15) is 9.90 Å². The van der Waals surface area contributed by atoms with Crippen molar-refractivity contribution in [2.45, 2.75) is 12.1 Å². The van der Waals surface area contributed by atoms with Crippen molar-refractivity contribution in [2.75, 3.05) is 5.75 Å². The first-order valence-corrected chi connectivity index (χ1v) is 9.05. The number of rotatable bonds is 6. The number of H-pyrrole nitrogens is 1. The number of aromatic amines is 1. The van der Waals surface area contributed by atoms with Gasteiger partial charge in [0.05, 0.1) is 24.0 Å². The second kappa shape index (κ2) is 7.12. The molecule has 0 unspecified atom stereocenters. The number of para-hydroxylation sites is 1. The average Bonchev–Trinajstić information content (AvgIpc) is 3.36. The molecule has 1 N–H and O–H groups in total. The van der Waals surface area contributed by atoms with E-state index in [-0.39, 0.29) is 5.75 Å². The lowest BCUT2D eigenvalue weighted by Crippen LogP contribution is -2.24. The molecule has 0 aliphatic rings. The van der Waals surface area contributed by atoms with Gasteiger partial charge in [-0.1, -0.05) is 30.0 Å². The average molecular weight is 380 g/mol. The van der Waals surface area contributed by atoms with Crippen molar-refractivity contribution >= 4 is 34.8 Å². The zero-order chi connectivity index (χ0) is 18.8. The first-order chi connectivity index (χ1) is 13.1. The molecule has 0 aliphatic heterocycles. The van der Waals surface area contributed by atoms with E-state index in [1.807, 2.05) is 37.4 Å². The van der Waals surface area contributed by atoms with Gasteiger partial charge in [0, 0.05) is 28.4 Å². The van der Waals surface area contributed by atoms with E-state index < -0.39 is 5.97 Å². The van der Waals surface area contributed by atoms with Crippen molar-refractivity contribution in [3.8, 4) is 11.4 Å². The Morgan fingerprint density at radius 2 is 2.22 bits per heavy atom. The lowest BCUT2D eigenvalue weighted by molar-refractivity contribution is -0.301. The van der Waals surface area contributed by atoms with E-state index in [0.717, 1.165) is 33.8 Å². The van der Waals surface area contributed by atoms with Gasteiger partial charge in [-0.15, -0.1) is 10.2 Å². The Kier molecular flexibility index (Phi) is 4.51. The van der Waals surface area contributed by atoms with Crippen LogP contribution >= 0.6 is 11.8 Å². The minimum Gasteiger partial charge on any atom is -0.549 e. The normalized spacial score (nSPS) is 11.6. The van der Waals surface area contributed by atoms with Crippen LogP contribution in [0.4, 0.5) is 0 Å². The summed E-state index contributed by atoms with van der Waals surface area (Å²) in [5.41, 5.74) is 2.63. The third-order valence-electron chi connectivity index (χ3n) is 3.96. The summed E-state index contributed by atoms with van der Waals surface area (Å²) in [7, 11) is 0. The number of fused-ring (bicyclic) bond motifs is 1. The largest absolute Gasteiger partial charge is 0.549 e. The van der Waals surface area contributed by atoms with Gasteiger partial charge in [-0.05, 0) is 19.1 Å². The Morgan fingerprint density at radius 3 is 3.00 bits per heavy atom. The van der Waals surface area contributed by atoms with E-state index in [0.29, 0.717) is 16.7 Å². The highest BCUT2D eigenvalue weighted by atomic mass is 32.2. The second-order valence-corrected chi connectivity index (χ2v) is 6.65. The number of aliphatic carboxylic acids is 1. The summed E-state index contributed by atoms with van der Waals surface area (Å²) in [6, 6.07) is 9.64. The molecular weight excluding hydrogens is 366 g/mol. The zero-order valence-electron chi connectivity index (χ0n) is 14.2. The van der Waals surface area contributed by atoms with Crippen LogP contribution < -0.4 is 5.11 Å². The fourth-order valence-corrected chi connectivity index (χ4v) is 3.29. The summed E-state index contributed by atoms with van der Waals surface area (Å²) in [5, 5.41) is 24.9. The van der Waals surface area contributed by atoms with Crippen molar-refractivity contribution < 1.29 is 14.3 Å². The summed E-state index contributed by atoms with van der Waals surface area (Å²) in [4.78, 5) is 14.0. The number of nitrogens with zero attached hydrogens (tertiary/aromatic N) is 4. The van der Waals surface area contributed by atoms with E-state index in [1.165, 1.54) is 4.68 Å². The number of furan rings is 1. The van der Waals surface area contributed by atoms with Gasteiger partial charge >= 0.3 is 0 Å². The fourth-order valence-electron chi connectivity index (χ4n) is 2.69. The van der Waals surface area contributed by atoms with Crippen LogP contribution in [0.1, 0.15) is 11.3 Å². The van der Waals surface area contributed by atoms with E-state index in [2.05, 4.69) is 20.3 Å². The summed E-state index contributed by atoms with van der Waals surface area (Å²) < 4.78 is 6.85. The number of carboxylic acids is 1. The molecule has 0 spiro atoms. The fraction of sp³-hybridized carbons (Fsp3) is 0.111. The van der Waals surface area contributed by atoms with Crippen molar-refractivity contribution in [1.29, 1.82) is 0 Å². The molecule has 9 heteroatoms. The van der Waals surface area contributed by atoms with E-state index in [4.69, 9.17) is 4.42 Å². The molecule has 0 fully saturated rings. The highest BCUT2D eigenvalue weighted by molar-refractivity contribution is 7.99. The van der Waals surface area contributed by atoms with Gasteiger partial charge in [-0.3, -0.25) is 0 Å². The molecule has 27 heavy (non-hydrogen) atoms. The molecule has 4 rings (SSSR count). The first-order valence-electron chi connectivity index (χ1n) is 8.06. The molecule has 4 aromatic rings. The molecule has 1 aromatic carbocycles. The number of carbonyl (C=O) groups excluding carboxylic acids is 1.